The third-order valence-electron chi connectivity index (χ3n) is 3.77. The van der Waals surface area contributed by atoms with Crippen LogP contribution in [0.4, 0.5) is 4.79 Å². The summed E-state index contributed by atoms with van der Waals surface area (Å²) in [7, 11) is 0. The van der Waals surface area contributed by atoms with Crippen LogP contribution >= 0.6 is 0 Å². The van der Waals surface area contributed by atoms with Crippen LogP contribution < -0.4 is 5.32 Å². The molecule has 0 unspecified atom stereocenters. The first-order valence-corrected chi connectivity index (χ1v) is 9.09. The molecular weight excluding hydrogens is 350 g/mol. The number of hydrogen-bond donors (Lipinski definition) is 2. The number of nitrogens with one attached hydrogen (secondary N) is 1. The standard InChI is InChI=1S/C20H29NO6/c1-13(2)10-18(24)26-19(14(3)4)27-20(25)21-12-16(11-17(22)23)15-8-6-5-7-9-15/h5-9,13-14,16,19H,10-12H2,1-4H3,(H,21,25)(H,22,23)/t16-,19+/m0/s1. The van der Waals surface area contributed by atoms with Crippen molar-refractivity contribution in [3.8, 4) is 0 Å². The normalized spacial score (nSPS) is 13.1. The zero-order valence-electron chi connectivity index (χ0n) is 16.3. The van der Waals surface area contributed by atoms with Crippen molar-refractivity contribution in [3.05, 3.63) is 35.9 Å². The number of carbonyl (C=O) groups excluding carboxylic acids is 2. The summed E-state index contributed by atoms with van der Waals surface area (Å²) in [5.74, 6) is -1.85. The van der Waals surface area contributed by atoms with Crippen molar-refractivity contribution >= 4 is 18.0 Å². The molecule has 0 heterocycles. The van der Waals surface area contributed by atoms with E-state index < -0.39 is 30.2 Å². The van der Waals surface area contributed by atoms with Crippen LogP contribution in [0.3, 0.4) is 0 Å². The predicted molar refractivity (Wildman–Crippen MR) is 100 cm³/mol. The zero-order valence-corrected chi connectivity index (χ0v) is 16.3. The molecule has 2 N–H and O–H groups in total. The van der Waals surface area contributed by atoms with Gasteiger partial charge in [0.25, 0.3) is 6.29 Å². The molecule has 0 aliphatic heterocycles. The highest BCUT2D eigenvalue weighted by Crippen LogP contribution is 2.19. The van der Waals surface area contributed by atoms with Gasteiger partial charge in [0.1, 0.15) is 0 Å². The predicted octanol–water partition coefficient (Wildman–Crippen LogP) is 3.54. The Balaban J connectivity index is 2.63. The van der Waals surface area contributed by atoms with Crippen molar-refractivity contribution in [3.63, 3.8) is 0 Å². The Labute approximate surface area is 160 Å². The summed E-state index contributed by atoms with van der Waals surface area (Å²) in [4.78, 5) is 35.0. The van der Waals surface area contributed by atoms with Crippen LogP contribution in [0.1, 0.15) is 52.0 Å². The average Bonchev–Trinajstić information content (AvgIpc) is 2.57. The van der Waals surface area contributed by atoms with Gasteiger partial charge < -0.3 is 19.9 Å². The number of ether oxygens (including phenoxy) is 2. The lowest BCUT2D eigenvalue weighted by Gasteiger charge is -2.23. The van der Waals surface area contributed by atoms with E-state index in [4.69, 9.17) is 14.6 Å². The van der Waals surface area contributed by atoms with Crippen molar-refractivity contribution in [2.75, 3.05) is 6.54 Å². The van der Waals surface area contributed by atoms with Crippen molar-refractivity contribution in [1.82, 2.24) is 5.32 Å². The third kappa shape index (κ3) is 9.08. The fraction of sp³-hybridized carbons (Fsp3) is 0.550. The number of carboxylic acids is 1. The molecule has 1 amide bonds. The largest absolute Gasteiger partial charge is 0.481 e. The molecule has 0 saturated heterocycles. The van der Waals surface area contributed by atoms with Gasteiger partial charge in [-0.25, -0.2) is 4.79 Å². The van der Waals surface area contributed by atoms with Gasteiger partial charge in [0.05, 0.1) is 6.42 Å². The van der Waals surface area contributed by atoms with Crippen LogP contribution in [0, 0.1) is 11.8 Å². The van der Waals surface area contributed by atoms with Gasteiger partial charge in [-0.2, -0.15) is 0 Å². The topological polar surface area (TPSA) is 102 Å². The number of esters is 1. The van der Waals surface area contributed by atoms with Gasteiger partial charge in [-0.05, 0) is 11.5 Å². The Morgan fingerprint density at radius 2 is 1.63 bits per heavy atom. The highest BCUT2D eigenvalue weighted by Gasteiger charge is 2.24. The van der Waals surface area contributed by atoms with Gasteiger partial charge in [0, 0.05) is 24.8 Å². The Morgan fingerprint density at radius 1 is 1.00 bits per heavy atom. The van der Waals surface area contributed by atoms with E-state index >= 15 is 0 Å². The molecule has 0 aromatic heterocycles. The number of hydrogen-bond acceptors (Lipinski definition) is 5. The lowest BCUT2D eigenvalue weighted by Crippen LogP contribution is -2.36. The van der Waals surface area contributed by atoms with Crippen molar-refractivity contribution in [2.45, 2.75) is 52.7 Å². The van der Waals surface area contributed by atoms with E-state index in [9.17, 15) is 14.4 Å². The summed E-state index contributed by atoms with van der Waals surface area (Å²) in [5.41, 5.74) is 0.809. The monoisotopic (exact) mass is 379 g/mol. The maximum absolute atomic E-state index is 12.1. The highest BCUT2D eigenvalue weighted by atomic mass is 16.7. The summed E-state index contributed by atoms with van der Waals surface area (Å²) < 4.78 is 10.4. The minimum Gasteiger partial charge on any atom is -0.481 e. The van der Waals surface area contributed by atoms with Gasteiger partial charge in [0.15, 0.2) is 0 Å². The van der Waals surface area contributed by atoms with Gasteiger partial charge in [0.2, 0.25) is 0 Å². The molecule has 1 aromatic rings. The summed E-state index contributed by atoms with van der Waals surface area (Å²) >= 11 is 0. The van der Waals surface area contributed by atoms with Gasteiger partial charge in [-0.15, -0.1) is 0 Å². The Kier molecular flexibility index (Phi) is 9.33. The van der Waals surface area contributed by atoms with Crippen LogP contribution in [0.5, 0.6) is 0 Å². The molecule has 0 radical (unpaired) electrons. The minimum absolute atomic E-state index is 0.0971. The second-order valence-corrected chi connectivity index (χ2v) is 7.19. The van der Waals surface area contributed by atoms with E-state index in [0.29, 0.717) is 0 Å². The molecule has 0 bridgehead atoms. The van der Waals surface area contributed by atoms with E-state index in [2.05, 4.69) is 5.32 Å². The molecule has 0 spiro atoms. The first-order chi connectivity index (χ1) is 12.7. The van der Waals surface area contributed by atoms with Gasteiger partial charge >= 0.3 is 18.0 Å². The number of rotatable bonds is 10. The molecule has 0 saturated carbocycles. The molecule has 0 aliphatic carbocycles. The fourth-order valence-electron chi connectivity index (χ4n) is 2.40. The minimum atomic E-state index is -0.995. The van der Waals surface area contributed by atoms with Crippen molar-refractivity contribution in [2.24, 2.45) is 11.8 Å². The molecule has 0 fully saturated rings. The first kappa shape index (κ1) is 22.5. The maximum atomic E-state index is 12.1. The Bertz CT molecular complexity index is 614. The van der Waals surface area contributed by atoms with E-state index in [-0.39, 0.29) is 31.2 Å². The lowest BCUT2D eigenvalue weighted by atomic mass is 9.96. The summed E-state index contributed by atoms with van der Waals surface area (Å²) in [6.45, 7) is 7.44. The fourth-order valence-corrected chi connectivity index (χ4v) is 2.40. The first-order valence-electron chi connectivity index (χ1n) is 9.09. The van der Waals surface area contributed by atoms with Crippen LogP contribution in [0.15, 0.2) is 30.3 Å². The molecule has 1 rings (SSSR count). The lowest BCUT2D eigenvalue weighted by molar-refractivity contribution is -0.175. The molecule has 0 aliphatic rings. The van der Waals surface area contributed by atoms with Crippen molar-refractivity contribution in [1.29, 1.82) is 0 Å². The quantitative estimate of drug-likeness (QED) is 0.476. The highest BCUT2D eigenvalue weighted by molar-refractivity contribution is 5.71. The summed E-state index contributed by atoms with van der Waals surface area (Å²) in [5, 5.41) is 11.7. The van der Waals surface area contributed by atoms with E-state index in [0.717, 1.165) is 5.56 Å². The van der Waals surface area contributed by atoms with Crippen LogP contribution in [-0.2, 0) is 19.1 Å². The second-order valence-electron chi connectivity index (χ2n) is 7.19. The van der Waals surface area contributed by atoms with Gasteiger partial charge in [-0.1, -0.05) is 58.0 Å². The van der Waals surface area contributed by atoms with E-state index in [1.54, 1.807) is 13.8 Å². The summed E-state index contributed by atoms with van der Waals surface area (Å²) in [6, 6.07) is 9.08. The molecule has 2 atom stereocenters. The SMILES string of the molecule is CC(C)CC(=O)O[C@H](OC(=O)NC[C@H](CC(=O)O)c1ccccc1)C(C)C. The van der Waals surface area contributed by atoms with Crippen LogP contribution in [-0.4, -0.2) is 36.0 Å². The Hall–Kier alpha value is -2.57. The number of alkyl carbamates (subject to hydrolysis) is 1. The number of carboxylic acid groups (broad SMARTS) is 1. The number of amides is 1. The second kappa shape index (κ2) is 11.2. The van der Waals surface area contributed by atoms with Crippen LogP contribution in [0.2, 0.25) is 0 Å². The van der Waals surface area contributed by atoms with E-state index in [1.165, 1.54) is 0 Å². The maximum Gasteiger partial charge on any atom is 0.410 e. The number of aliphatic carboxylic acids is 1. The number of benzene rings is 1. The average molecular weight is 379 g/mol. The number of carbonyl (C=O) groups is 3. The molecule has 27 heavy (non-hydrogen) atoms. The van der Waals surface area contributed by atoms with Crippen LogP contribution in [0.25, 0.3) is 0 Å². The molecular formula is C20H29NO6. The van der Waals surface area contributed by atoms with E-state index in [1.807, 2.05) is 44.2 Å². The molecule has 7 heteroatoms. The molecule has 7 nitrogen and oxygen atoms in total. The van der Waals surface area contributed by atoms with Crippen molar-refractivity contribution < 1.29 is 29.0 Å². The third-order valence-corrected chi connectivity index (χ3v) is 3.77. The molecule has 150 valence electrons. The zero-order chi connectivity index (χ0) is 20.4. The van der Waals surface area contributed by atoms with Gasteiger partial charge in [-0.3, -0.25) is 9.59 Å². The summed E-state index contributed by atoms with van der Waals surface area (Å²) in [6.07, 6.45) is -1.63. The smallest absolute Gasteiger partial charge is 0.410 e. The Morgan fingerprint density at radius 3 is 2.15 bits per heavy atom. The molecule has 1 aromatic carbocycles.